The molecule has 0 aliphatic carbocycles. The summed E-state index contributed by atoms with van der Waals surface area (Å²) in [6, 6.07) is 12.5. The van der Waals surface area contributed by atoms with Crippen LogP contribution in [0.2, 0.25) is 0 Å². The molecule has 1 aromatic heterocycles. The highest BCUT2D eigenvalue weighted by molar-refractivity contribution is 5.37. The fourth-order valence-electron chi connectivity index (χ4n) is 3.09. The molecule has 0 bridgehead atoms. The first-order chi connectivity index (χ1) is 10.7. The van der Waals surface area contributed by atoms with E-state index in [2.05, 4.69) is 43.3 Å². The van der Waals surface area contributed by atoms with Gasteiger partial charge in [0, 0.05) is 32.3 Å². The minimum atomic E-state index is 0.214. The summed E-state index contributed by atoms with van der Waals surface area (Å²) in [6.45, 7) is 4.59. The summed E-state index contributed by atoms with van der Waals surface area (Å²) in [4.78, 5) is 2.26. The van der Waals surface area contributed by atoms with Crippen molar-refractivity contribution in [3.63, 3.8) is 0 Å². The molecule has 114 valence electrons. The number of benzene rings is 1. The Morgan fingerprint density at radius 2 is 2.23 bits per heavy atom. The molecule has 0 saturated heterocycles. The molecule has 0 saturated carbocycles. The third-order valence-corrected chi connectivity index (χ3v) is 4.09. The highest BCUT2D eigenvalue weighted by atomic mass is 16.5. The first-order valence-electron chi connectivity index (χ1n) is 7.72. The Kier molecular flexibility index (Phi) is 4.17. The van der Waals surface area contributed by atoms with Gasteiger partial charge in [-0.05, 0) is 37.2 Å². The van der Waals surface area contributed by atoms with Crippen LogP contribution < -0.4 is 4.74 Å². The maximum absolute atomic E-state index is 9.12. The van der Waals surface area contributed by atoms with Crippen LogP contribution in [0.25, 0.3) is 0 Å². The SMILES string of the molecule is CCn1cc(CN(C)C[C@@H]2Cc3ccccc3O2)cc1C#N. The van der Waals surface area contributed by atoms with Crippen molar-refractivity contribution in [2.45, 2.75) is 32.5 Å². The molecular formula is C18H21N3O. The van der Waals surface area contributed by atoms with Crippen LogP contribution in [0.5, 0.6) is 5.75 Å². The smallest absolute Gasteiger partial charge is 0.123 e. The van der Waals surface area contributed by atoms with Crippen molar-refractivity contribution in [1.82, 2.24) is 9.47 Å². The molecule has 0 fully saturated rings. The molecule has 1 aliphatic heterocycles. The van der Waals surface area contributed by atoms with Gasteiger partial charge in [-0.2, -0.15) is 5.26 Å². The monoisotopic (exact) mass is 295 g/mol. The average molecular weight is 295 g/mol. The predicted octanol–water partition coefficient (Wildman–Crippen LogP) is 2.82. The molecule has 4 nitrogen and oxygen atoms in total. The predicted molar refractivity (Wildman–Crippen MR) is 85.7 cm³/mol. The van der Waals surface area contributed by atoms with Gasteiger partial charge in [0.1, 0.15) is 23.6 Å². The fourth-order valence-corrected chi connectivity index (χ4v) is 3.09. The van der Waals surface area contributed by atoms with E-state index in [1.165, 1.54) is 11.1 Å². The minimum absolute atomic E-state index is 0.214. The summed E-state index contributed by atoms with van der Waals surface area (Å²) in [5, 5.41) is 9.12. The Labute approximate surface area is 131 Å². The lowest BCUT2D eigenvalue weighted by atomic mass is 10.1. The van der Waals surface area contributed by atoms with Crippen LogP contribution in [0, 0.1) is 11.3 Å². The molecule has 2 aromatic rings. The van der Waals surface area contributed by atoms with Gasteiger partial charge in [-0.3, -0.25) is 4.90 Å². The minimum Gasteiger partial charge on any atom is -0.488 e. The van der Waals surface area contributed by atoms with E-state index in [1.807, 2.05) is 22.8 Å². The number of ether oxygens (including phenoxy) is 1. The van der Waals surface area contributed by atoms with E-state index in [9.17, 15) is 0 Å². The second-order valence-corrected chi connectivity index (χ2v) is 5.88. The first-order valence-corrected chi connectivity index (χ1v) is 7.72. The van der Waals surface area contributed by atoms with Crippen LogP contribution in [0.1, 0.15) is 23.7 Å². The highest BCUT2D eigenvalue weighted by Gasteiger charge is 2.23. The van der Waals surface area contributed by atoms with Crippen molar-refractivity contribution in [1.29, 1.82) is 5.26 Å². The fraction of sp³-hybridized carbons (Fsp3) is 0.389. The number of likely N-dealkylation sites (N-methyl/N-ethyl adjacent to an activating group) is 1. The van der Waals surface area contributed by atoms with Crippen molar-refractivity contribution < 1.29 is 4.74 Å². The zero-order chi connectivity index (χ0) is 15.5. The van der Waals surface area contributed by atoms with Crippen LogP contribution in [0.4, 0.5) is 0 Å². The average Bonchev–Trinajstić information content (AvgIpc) is 3.09. The summed E-state index contributed by atoms with van der Waals surface area (Å²) >= 11 is 0. The van der Waals surface area contributed by atoms with Gasteiger partial charge in [-0.15, -0.1) is 0 Å². The number of hydrogen-bond donors (Lipinski definition) is 0. The third-order valence-electron chi connectivity index (χ3n) is 4.09. The standard InChI is InChI=1S/C18H21N3O/c1-3-21-12-14(8-16(21)10-19)11-20(2)13-17-9-15-6-4-5-7-18(15)22-17/h4-8,12,17H,3,9,11,13H2,1-2H3/t17-/m0/s1. The van der Waals surface area contributed by atoms with Crippen LogP contribution in [-0.2, 0) is 19.5 Å². The van der Waals surface area contributed by atoms with Crippen LogP contribution >= 0.6 is 0 Å². The van der Waals surface area contributed by atoms with Gasteiger partial charge in [-0.25, -0.2) is 0 Å². The second kappa shape index (κ2) is 6.25. The molecule has 0 amide bonds. The maximum atomic E-state index is 9.12. The molecule has 1 aromatic carbocycles. The van der Waals surface area contributed by atoms with Gasteiger partial charge in [-0.1, -0.05) is 18.2 Å². The van der Waals surface area contributed by atoms with E-state index in [0.717, 1.165) is 37.5 Å². The normalized spacial score (nSPS) is 16.4. The van der Waals surface area contributed by atoms with Gasteiger partial charge < -0.3 is 9.30 Å². The highest BCUT2D eigenvalue weighted by Crippen LogP contribution is 2.28. The molecule has 22 heavy (non-hydrogen) atoms. The molecule has 0 spiro atoms. The molecule has 2 heterocycles. The number of nitriles is 1. The molecule has 3 rings (SSSR count). The lowest BCUT2D eigenvalue weighted by Crippen LogP contribution is -2.31. The zero-order valence-electron chi connectivity index (χ0n) is 13.1. The van der Waals surface area contributed by atoms with Gasteiger partial charge in [0.25, 0.3) is 0 Å². The molecule has 0 N–H and O–H groups in total. The summed E-state index contributed by atoms with van der Waals surface area (Å²) in [5.74, 6) is 1.02. The summed E-state index contributed by atoms with van der Waals surface area (Å²) in [5.41, 5.74) is 3.21. The Morgan fingerprint density at radius 3 is 2.91 bits per heavy atom. The first kappa shape index (κ1) is 14.7. The molecule has 1 aliphatic rings. The number of para-hydroxylation sites is 1. The van der Waals surface area contributed by atoms with Gasteiger partial charge >= 0.3 is 0 Å². The summed E-state index contributed by atoms with van der Waals surface area (Å²) in [6.07, 6.45) is 3.25. The van der Waals surface area contributed by atoms with Crippen LogP contribution in [-0.4, -0.2) is 29.2 Å². The number of aryl methyl sites for hydroxylation is 1. The second-order valence-electron chi connectivity index (χ2n) is 5.88. The van der Waals surface area contributed by atoms with E-state index in [-0.39, 0.29) is 6.10 Å². The third kappa shape index (κ3) is 3.00. The van der Waals surface area contributed by atoms with Crippen molar-refractivity contribution in [2.24, 2.45) is 0 Å². The van der Waals surface area contributed by atoms with Crippen LogP contribution in [0.15, 0.2) is 36.5 Å². The maximum Gasteiger partial charge on any atom is 0.123 e. The topological polar surface area (TPSA) is 41.2 Å². The largest absolute Gasteiger partial charge is 0.488 e. The summed E-state index contributed by atoms with van der Waals surface area (Å²) in [7, 11) is 2.10. The lowest BCUT2D eigenvalue weighted by molar-refractivity contribution is 0.165. The number of hydrogen-bond acceptors (Lipinski definition) is 3. The van der Waals surface area contributed by atoms with Crippen LogP contribution in [0.3, 0.4) is 0 Å². The number of rotatable bonds is 5. The quantitative estimate of drug-likeness (QED) is 0.851. The van der Waals surface area contributed by atoms with Crippen molar-refractivity contribution in [2.75, 3.05) is 13.6 Å². The molecule has 4 heteroatoms. The Morgan fingerprint density at radius 1 is 1.41 bits per heavy atom. The Balaban J connectivity index is 1.59. The molecule has 1 atom stereocenters. The Hall–Kier alpha value is -2.25. The van der Waals surface area contributed by atoms with E-state index in [1.54, 1.807) is 0 Å². The van der Waals surface area contributed by atoms with E-state index in [4.69, 9.17) is 10.00 Å². The molecular weight excluding hydrogens is 274 g/mol. The number of aromatic nitrogens is 1. The lowest BCUT2D eigenvalue weighted by Gasteiger charge is -2.20. The van der Waals surface area contributed by atoms with Gasteiger partial charge in [0.05, 0.1) is 0 Å². The number of fused-ring (bicyclic) bond motifs is 1. The van der Waals surface area contributed by atoms with Crippen molar-refractivity contribution in [3.8, 4) is 11.8 Å². The van der Waals surface area contributed by atoms with Gasteiger partial charge in [0.2, 0.25) is 0 Å². The zero-order valence-corrected chi connectivity index (χ0v) is 13.1. The molecule has 0 unspecified atom stereocenters. The number of nitrogens with zero attached hydrogens (tertiary/aromatic N) is 3. The Bertz CT molecular complexity index is 674. The van der Waals surface area contributed by atoms with Gasteiger partial charge in [0.15, 0.2) is 0 Å². The summed E-state index contributed by atoms with van der Waals surface area (Å²) < 4.78 is 7.98. The van der Waals surface area contributed by atoms with E-state index >= 15 is 0 Å². The van der Waals surface area contributed by atoms with Crippen molar-refractivity contribution in [3.05, 3.63) is 53.3 Å². The van der Waals surface area contributed by atoms with Crippen molar-refractivity contribution >= 4 is 0 Å². The van der Waals surface area contributed by atoms with E-state index in [0.29, 0.717) is 0 Å². The molecule has 0 radical (unpaired) electrons. The van der Waals surface area contributed by atoms with E-state index < -0.39 is 0 Å².